The largest absolute Gasteiger partial charge is 0.497 e. The Morgan fingerprint density at radius 1 is 1.29 bits per heavy atom. The SMILES string of the molecule is COc1ccc(C(CNC(=O)C2CCCN2C(=O)c2ccco2)N(C)C)cc1. The van der Waals surface area contributed by atoms with Gasteiger partial charge in [0.25, 0.3) is 5.91 Å². The maximum atomic E-state index is 12.8. The zero-order chi connectivity index (χ0) is 20.1. The Balaban J connectivity index is 1.64. The number of nitrogens with zero attached hydrogens (tertiary/aromatic N) is 2. The van der Waals surface area contributed by atoms with Crippen LogP contribution in [-0.4, -0.2) is 62.0 Å². The third kappa shape index (κ3) is 4.36. The van der Waals surface area contributed by atoms with E-state index in [1.807, 2.05) is 38.4 Å². The number of hydrogen-bond donors (Lipinski definition) is 1. The summed E-state index contributed by atoms with van der Waals surface area (Å²) in [4.78, 5) is 29.1. The summed E-state index contributed by atoms with van der Waals surface area (Å²) in [5.41, 5.74) is 1.08. The van der Waals surface area contributed by atoms with Crippen LogP contribution in [0.5, 0.6) is 5.75 Å². The number of ether oxygens (including phenoxy) is 1. The number of methoxy groups -OCH3 is 1. The highest BCUT2D eigenvalue weighted by Gasteiger charge is 2.35. The minimum Gasteiger partial charge on any atom is -0.497 e. The quantitative estimate of drug-likeness (QED) is 0.792. The first-order valence-electron chi connectivity index (χ1n) is 9.44. The van der Waals surface area contributed by atoms with Gasteiger partial charge in [0, 0.05) is 13.1 Å². The maximum Gasteiger partial charge on any atom is 0.290 e. The van der Waals surface area contributed by atoms with Gasteiger partial charge in [-0.15, -0.1) is 0 Å². The molecule has 2 atom stereocenters. The van der Waals surface area contributed by atoms with Crippen molar-refractivity contribution >= 4 is 11.8 Å². The average Bonchev–Trinajstić information content (AvgIpc) is 3.39. The molecule has 2 heterocycles. The van der Waals surface area contributed by atoms with Gasteiger partial charge in [0.2, 0.25) is 5.91 Å². The van der Waals surface area contributed by atoms with E-state index in [0.717, 1.165) is 17.7 Å². The maximum absolute atomic E-state index is 12.8. The Morgan fingerprint density at radius 2 is 2.04 bits per heavy atom. The Kier molecular flexibility index (Phi) is 6.36. The first-order chi connectivity index (χ1) is 13.5. The molecule has 1 saturated heterocycles. The van der Waals surface area contributed by atoms with Crippen molar-refractivity contribution in [2.45, 2.75) is 24.9 Å². The van der Waals surface area contributed by atoms with Gasteiger partial charge in [-0.3, -0.25) is 9.59 Å². The number of likely N-dealkylation sites (tertiary alicyclic amines) is 1. The van der Waals surface area contributed by atoms with Crippen molar-refractivity contribution in [3.05, 3.63) is 54.0 Å². The van der Waals surface area contributed by atoms with E-state index in [1.54, 1.807) is 24.1 Å². The number of benzene rings is 1. The number of amides is 2. The number of carbonyl (C=O) groups is 2. The molecule has 1 N–H and O–H groups in total. The van der Waals surface area contributed by atoms with Crippen molar-refractivity contribution in [2.75, 3.05) is 34.3 Å². The summed E-state index contributed by atoms with van der Waals surface area (Å²) < 4.78 is 10.4. The van der Waals surface area contributed by atoms with Gasteiger partial charge in [0.1, 0.15) is 11.8 Å². The number of carbonyl (C=O) groups excluding carboxylic acids is 2. The van der Waals surface area contributed by atoms with Crippen LogP contribution in [0.2, 0.25) is 0 Å². The minimum absolute atomic E-state index is 0.0190. The molecule has 28 heavy (non-hydrogen) atoms. The summed E-state index contributed by atoms with van der Waals surface area (Å²) >= 11 is 0. The second-order valence-electron chi connectivity index (χ2n) is 7.13. The van der Waals surface area contributed by atoms with E-state index in [0.29, 0.717) is 19.5 Å². The molecule has 1 aromatic carbocycles. The number of likely N-dealkylation sites (N-methyl/N-ethyl adjacent to an activating group) is 1. The molecular formula is C21H27N3O4. The molecule has 2 unspecified atom stereocenters. The fourth-order valence-electron chi connectivity index (χ4n) is 3.56. The van der Waals surface area contributed by atoms with Crippen molar-refractivity contribution in [1.29, 1.82) is 0 Å². The van der Waals surface area contributed by atoms with Crippen molar-refractivity contribution in [3.8, 4) is 5.75 Å². The molecule has 2 amide bonds. The summed E-state index contributed by atoms with van der Waals surface area (Å²) in [5, 5.41) is 3.03. The Morgan fingerprint density at radius 3 is 2.64 bits per heavy atom. The standard InChI is InChI=1S/C21H27N3O4/c1-23(2)18(15-8-10-16(27-3)11-9-15)14-22-20(25)17-6-4-12-24(17)21(26)19-7-5-13-28-19/h5,7-11,13,17-18H,4,6,12,14H2,1-3H3,(H,22,25). The Bertz CT molecular complexity index is 786. The fraction of sp³-hybridized carbons (Fsp3) is 0.429. The van der Waals surface area contributed by atoms with Crippen molar-refractivity contribution in [3.63, 3.8) is 0 Å². The highest BCUT2D eigenvalue weighted by Crippen LogP contribution is 2.23. The van der Waals surface area contributed by atoms with Crippen LogP contribution in [0.15, 0.2) is 47.1 Å². The normalized spacial score (nSPS) is 17.6. The molecule has 1 aromatic heterocycles. The van der Waals surface area contributed by atoms with E-state index in [-0.39, 0.29) is 23.6 Å². The van der Waals surface area contributed by atoms with Gasteiger partial charge in [-0.1, -0.05) is 12.1 Å². The zero-order valence-corrected chi connectivity index (χ0v) is 16.6. The Labute approximate surface area is 165 Å². The van der Waals surface area contributed by atoms with Crippen molar-refractivity contribution in [2.24, 2.45) is 0 Å². The van der Waals surface area contributed by atoms with Crippen LogP contribution in [0, 0.1) is 0 Å². The van der Waals surface area contributed by atoms with E-state index in [9.17, 15) is 9.59 Å². The van der Waals surface area contributed by atoms with Crippen LogP contribution in [-0.2, 0) is 4.79 Å². The van der Waals surface area contributed by atoms with Crippen LogP contribution in [0.3, 0.4) is 0 Å². The third-order valence-corrected chi connectivity index (χ3v) is 5.14. The molecule has 1 aliphatic heterocycles. The number of nitrogens with one attached hydrogen (secondary N) is 1. The van der Waals surface area contributed by atoms with E-state index in [2.05, 4.69) is 10.2 Å². The lowest BCUT2D eigenvalue weighted by Crippen LogP contribution is -2.47. The van der Waals surface area contributed by atoms with E-state index < -0.39 is 6.04 Å². The second kappa shape index (κ2) is 8.93. The zero-order valence-electron chi connectivity index (χ0n) is 16.6. The van der Waals surface area contributed by atoms with E-state index in [1.165, 1.54) is 6.26 Å². The van der Waals surface area contributed by atoms with Crippen LogP contribution in [0.25, 0.3) is 0 Å². The molecule has 150 valence electrons. The Hall–Kier alpha value is -2.80. The molecule has 0 aliphatic carbocycles. The highest BCUT2D eigenvalue weighted by molar-refractivity contribution is 5.96. The molecule has 0 radical (unpaired) electrons. The smallest absolute Gasteiger partial charge is 0.290 e. The molecule has 0 saturated carbocycles. The van der Waals surface area contributed by atoms with Crippen LogP contribution in [0.4, 0.5) is 0 Å². The first kappa shape index (κ1) is 19.9. The van der Waals surface area contributed by atoms with E-state index >= 15 is 0 Å². The van der Waals surface area contributed by atoms with Gasteiger partial charge >= 0.3 is 0 Å². The molecule has 1 fully saturated rings. The topological polar surface area (TPSA) is 75.0 Å². The number of hydrogen-bond acceptors (Lipinski definition) is 5. The summed E-state index contributed by atoms with van der Waals surface area (Å²) in [5.74, 6) is 0.701. The predicted octanol–water partition coefficient (Wildman–Crippen LogP) is 2.31. The summed E-state index contributed by atoms with van der Waals surface area (Å²) in [6.45, 7) is 1.02. The molecule has 2 aromatic rings. The predicted molar refractivity (Wildman–Crippen MR) is 105 cm³/mol. The molecule has 3 rings (SSSR count). The van der Waals surface area contributed by atoms with Gasteiger partial charge in [0.05, 0.1) is 19.4 Å². The minimum atomic E-state index is -0.462. The second-order valence-corrected chi connectivity index (χ2v) is 7.13. The van der Waals surface area contributed by atoms with Crippen LogP contribution in [0.1, 0.15) is 35.0 Å². The van der Waals surface area contributed by atoms with Crippen LogP contribution >= 0.6 is 0 Å². The van der Waals surface area contributed by atoms with Gasteiger partial charge in [0.15, 0.2) is 5.76 Å². The lowest BCUT2D eigenvalue weighted by Gasteiger charge is -2.27. The van der Waals surface area contributed by atoms with Crippen molar-refractivity contribution in [1.82, 2.24) is 15.1 Å². The summed E-state index contributed by atoms with van der Waals surface area (Å²) in [6.07, 6.45) is 2.93. The van der Waals surface area contributed by atoms with Gasteiger partial charge in [-0.05, 0) is 56.8 Å². The highest BCUT2D eigenvalue weighted by atomic mass is 16.5. The molecule has 1 aliphatic rings. The first-order valence-corrected chi connectivity index (χ1v) is 9.44. The van der Waals surface area contributed by atoms with Gasteiger partial charge in [-0.25, -0.2) is 0 Å². The number of furan rings is 1. The molecule has 0 spiro atoms. The van der Waals surface area contributed by atoms with Crippen molar-refractivity contribution < 1.29 is 18.7 Å². The molecular weight excluding hydrogens is 358 g/mol. The molecule has 7 heteroatoms. The summed E-state index contributed by atoms with van der Waals surface area (Å²) in [6, 6.07) is 10.7. The van der Waals surface area contributed by atoms with E-state index in [4.69, 9.17) is 9.15 Å². The average molecular weight is 385 g/mol. The lowest BCUT2D eigenvalue weighted by molar-refractivity contribution is -0.125. The number of rotatable bonds is 7. The lowest BCUT2D eigenvalue weighted by atomic mass is 10.1. The molecule has 7 nitrogen and oxygen atoms in total. The van der Waals surface area contributed by atoms with Gasteiger partial charge in [-0.2, -0.15) is 0 Å². The summed E-state index contributed by atoms with van der Waals surface area (Å²) in [7, 11) is 5.59. The van der Waals surface area contributed by atoms with Crippen LogP contribution < -0.4 is 10.1 Å². The molecule has 0 bridgehead atoms. The monoisotopic (exact) mass is 385 g/mol. The fourth-order valence-corrected chi connectivity index (χ4v) is 3.56. The van der Waals surface area contributed by atoms with Gasteiger partial charge < -0.3 is 24.3 Å². The third-order valence-electron chi connectivity index (χ3n) is 5.14.